The minimum Gasteiger partial charge on any atom is -0.381 e. The number of hydrogen-bond acceptors (Lipinski definition) is 7. The largest absolute Gasteiger partial charge is 0.381 e. The SMILES string of the molecule is CC(C)(C)NCCNC(=O)CN1Cc2ccc(-c3nc(NC4CCOCC4)ncc3Cl)cc2C1=O. The van der Waals surface area contributed by atoms with E-state index in [4.69, 9.17) is 16.3 Å². The number of halogens is 1. The second-order valence-corrected chi connectivity index (χ2v) is 10.4. The third kappa shape index (κ3) is 6.68. The first kappa shape index (κ1) is 25.3. The molecule has 3 N–H and O–H groups in total. The van der Waals surface area contributed by atoms with Crippen molar-refractivity contribution in [2.75, 3.05) is 38.2 Å². The Hall–Kier alpha value is -2.75. The number of nitrogens with zero attached hydrogens (tertiary/aromatic N) is 3. The van der Waals surface area contributed by atoms with Gasteiger partial charge in [-0.3, -0.25) is 9.59 Å². The fourth-order valence-electron chi connectivity index (χ4n) is 4.17. The van der Waals surface area contributed by atoms with E-state index in [0.29, 0.717) is 55.1 Å². The highest BCUT2D eigenvalue weighted by atomic mass is 35.5. The molecule has 1 saturated heterocycles. The van der Waals surface area contributed by atoms with Crippen LogP contribution in [0.4, 0.5) is 5.95 Å². The van der Waals surface area contributed by atoms with Crippen molar-refractivity contribution in [3.8, 4) is 11.3 Å². The van der Waals surface area contributed by atoms with Crippen LogP contribution in [0.3, 0.4) is 0 Å². The van der Waals surface area contributed by atoms with E-state index in [-0.39, 0.29) is 29.9 Å². The summed E-state index contributed by atoms with van der Waals surface area (Å²) >= 11 is 6.42. The van der Waals surface area contributed by atoms with Crippen LogP contribution in [0.5, 0.6) is 0 Å². The number of carbonyl (C=O) groups is 2. The number of benzene rings is 1. The summed E-state index contributed by atoms with van der Waals surface area (Å²) in [5, 5.41) is 9.95. The number of ether oxygens (including phenoxy) is 1. The van der Waals surface area contributed by atoms with E-state index in [2.05, 4.69) is 46.7 Å². The van der Waals surface area contributed by atoms with Gasteiger partial charge in [0.15, 0.2) is 0 Å². The van der Waals surface area contributed by atoms with Gasteiger partial charge in [-0.2, -0.15) is 0 Å². The Labute approximate surface area is 211 Å². The molecule has 0 bridgehead atoms. The average molecular weight is 501 g/mol. The minimum absolute atomic E-state index is 0.0107. The molecule has 0 atom stereocenters. The van der Waals surface area contributed by atoms with Gasteiger partial charge in [0.05, 0.1) is 16.9 Å². The molecule has 10 heteroatoms. The van der Waals surface area contributed by atoms with E-state index < -0.39 is 0 Å². The second kappa shape index (κ2) is 10.9. The lowest BCUT2D eigenvalue weighted by Gasteiger charge is -2.23. The maximum atomic E-state index is 13.0. The van der Waals surface area contributed by atoms with Gasteiger partial charge in [0.25, 0.3) is 5.91 Å². The van der Waals surface area contributed by atoms with E-state index in [9.17, 15) is 9.59 Å². The first-order valence-corrected chi connectivity index (χ1v) is 12.4. The molecule has 9 nitrogen and oxygen atoms in total. The van der Waals surface area contributed by atoms with Crippen LogP contribution in [0.1, 0.15) is 49.5 Å². The summed E-state index contributed by atoms with van der Waals surface area (Å²) in [6.07, 6.45) is 3.36. The lowest BCUT2D eigenvalue weighted by Crippen LogP contribution is -2.43. The Bertz CT molecular complexity index is 1080. The fraction of sp³-hybridized carbons (Fsp3) is 0.520. The third-order valence-electron chi connectivity index (χ3n) is 6.00. The summed E-state index contributed by atoms with van der Waals surface area (Å²) < 4.78 is 5.41. The number of fused-ring (bicyclic) bond motifs is 1. The lowest BCUT2D eigenvalue weighted by molar-refractivity contribution is -0.121. The molecule has 0 unspecified atom stereocenters. The normalized spacial score (nSPS) is 16.3. The number of aromatic nitrogens is 2. The minimum atomic E-state index is -0.176. The highest BCUT2D eigenvalue weighted by Gasteiger charge is 2.29. The van der Waals surface area contributed by atoms with E-state index in [0.717, 1.165) is 24.0 Å². The van der Waals surface area contributed by atoms with Gasteiger partial charge in [-0.25, -0.2) is 9.97 Å². The molecule has 1 aromatic heterocycles. The van der Waals surface area contributed by atoms with Crippen molar-refractivity contribution in [3.05, 3.63) is 40.5 Å². The Morgan fingerprint density at radius 3 is 2.74 bits per heavy atom. The van der Waals surface area contributed by atoms with Crippen LogP contribution in [-0.2, 0) is 16.1 Å². The lowest BCUT2D eigenvalue weighted by atomic mass is 10.0. The molecule has 2 aliphatic heterocycles. The smallest absolute Gasteiger partial charge is 0.254 e. The highest BCUT2D eigenvalue weighted by Crippen LogP contribution is 2.31. The van der Waals surface area contributed by atoms with Gasteiger partial charge in [-0.1, -0.05) is 23.7 Å². The predicted octanol–water partition coefficient (Wildman–Crippen LogP) is 2.85. The summed E-state index contributed by atoms with van der Waals surface area (Å²) in [6.45, 7) is 9.23. The second-order valence-electron chi connectivity index (χ2n) is 9.98. The van der Waals surface area contributed by atoms with Crippen LogP contribution in [0.15, 0.2) is 24.4 Å². The molecular formula is C25H33ClN6O3. The summed E-state index contributed by atoms with van der Waals surface area (Å²) in [4.78, 5) is 35.9. The van der Waals surface area contributed by atoms with Crippen molar-refractivity contribution in [2.24, 2.45) is 0 Å². The van der Waals surface area contributed by atoms with Crippen LogP contribution >= 0.6 is 11.6 Å². The van der Waals surface area contributed by atoms with Gasteiger partial charge in [0, 0.05) is 55.6 Å². The number of anilines is 1. The van der Waals surface area contributed by atoms with E-state index in [1.807, 2.05) is 12.1 Å². The first-order chi connectivity index (χ1) is 16.7. The van der Waals surface area contributed by atoms with Crippen molar-refractivity contribution in [1.29, 1.82) is 0 Å². The number of carbonyl (C=O) groups excluding carboxylic acids is 2. The summed E-state index contributed by atoms with van der Waals surface area (Å²) in [5.41, 5.74) is 2.74. The molecule has 2 amide bonds. The predicted molar refractivity (Wildman–Crippen MR) is 135 cm³/mol. The summed E-state index contributed by atoms with van der Waals surface area (Å²) in [5.74, 6) is 0.155. The van der Waals surface area contributed by atoms with Gasteiger partial charge >= 0.3 is 0 Å². The van der Waals surface area contributed by atoms with E-state index >= 15 is 0 Å². The average Bonchev–Trinajstić information content (AvgIpc) is 3.12. The zero-order valence-electron chi connectivity index (χ0n) is 20.5. The molecule has 1 aromatic carbocycles. The van der Waals surface area contributed by atoms with E-state index in [1.165, 1.54) is 0 Å². The van der Waals surface area contributed by atoms with Gasteiger partial charge in [-0.15, -0.1) is 0 Å². The van der Waals surface area contributed by atoms with Crippen LogP contribution in [0.25, 0.3) is 11.3 Å². The quantitative estimate of drug-likeness (QED) is 0.478. The van der Waals surface area contributed by atoms with Crippen LogP contribution in [0.2, 0.25) is 5.02 Å². The molecule has 2 aliphatic rings. The highest BCUT2D eigenvalue weighted by molar-refractivity contribution is 6.33. The number of amides is 2. The molecular weight excluding hydrogens is 468 g/mol. The van der Waals surface area contributed by atoms with Crippen molar-refractivity contribution in [3.63, 3.8) is 0 Å². The summed E-state index contributed by atoms with van der Waals surface area (Å²) in [7, 11) is 0. The van der Waals surface area contributed by atoms with Gasteiger partial charge in [0.2, 0.25) is 11.9 Å². The zero-order valence-corrected chi connectivity index (χ0v) is 21.2. The molecule has 188 valence electrons. The molecule has 0 saturated carbocycles. The molecule has 35 heavy (non-hydrogen) atoms. The Kier molecular flexibility index (Phi) is 7.88. The maximum Gasteiger partial charge on any atom is 0.254 e. The molecule has 0 radical (unpaired) electrons. The standard InChI is InChI=1S/C25H33ClN6O3/c1-25(2,3)29-9-8-27-21(33)15-32-14-17-5-4-16(12-19(17)23(32)34)22-20(26)13-28-24(31-22)30-18-6-10-35-11-7-18/h4-5,12-13,18,29H,6-11,14-15H2,1-3H3,(H,27,33)(H,28,30,31). The Balaban J connectivity index is 1.40. The first-order valence-electron chi connectivity index (χ1n) is 12.0. The monoisotopic (exact) mass is 500 g/mol. The topological polar surface area (TPSA) is 108 Å². The van der Waals surface area contributed by atoms with E-state index in [1.54, 1.807) is 17.2 Å². The van der Waals surface area contributed by atoms with Crippen LogP contribution in [-0.4, -0.2) is 71.1 Å². The van der Waals surface area contributed by atoms with Gasteiger partial charge in [0.1, 0.15) is 6.54 Å². The van der Waals surface area contributed by atoms with Crippen LogP contribution in [0, 0.1) is 0 Å². The Morgan fingerprint density at radius 2 is 2.00 bits per heavy atom. The third-order valence-corrected chi connectivity index (χ3v) is 6.27. The van der Waals surface area contributed by atoms with Gasteiger partial charge < -0.3 is 25.6 Å². The molecule has 3 heterocycles. The van der Waals surface area contributed by atoms with Crippen molar-refractivity contribution in [2.45, 2.75) is 51.7 Å². The maximum absolute atomic E-state index is 13.0. The van der Waals surface area contributed by atoms with Crippen LogP contribution < -0.4 is 16.0 Å². The van der Waals surface area contributed by atoms with Crippen molar-refractivity contribution >= 4 is 29.4 Å². The molecule has 2 aromatic rings. The number of hydrogen-bond donors (Lipinski definition) is 3. The summed E-state index contributed by atoms with van der Waals surface area (Å²) in [6, 6.07) is 5.86. The Morgan fingerprint density at radius 1 is 1.23 bits per heavy atom. The van der Waals surface area contributed by atoms with Crippen molar-refractivity contribution in [1.82, 2.24) is 25.5 Å². The zero-order chi connectivity index (χ0) is 25.0. The molecule has 0 aliphatic carbocycles. The molecule has 0 spiro atoms. The van der Waals surface area contributed by atoms with Gasteiger partial charge in [-0.05, 0) is 45.2 Å². The fourth-order valence-corrected chi connectivity index (χ4v) is 4.37. The van der Waals surface area contributed by atoms with Crippen molar-refractivity contribution < 1.29 is 14.3 Å². The molecule has 1 fully saturated rings. The number of nitrogens with one attached hydrogen (secondary N) is 3. The molecule has 4 rings (SSSR count). The number of rotatable bonds is 8.